The number of carbonyl (C=O) groups excluding carboxylic acids is 1. The fourth-order valence-electron chi connectivity index (χ4n) is 3.94. The minimum atomic E-state index is -0.121. The van der Waals surface area contributed by atoms with Crippen LogP contribution in [0.1, 0.15) is 37.5 Å². The number of benzene rings is 3. The number of aryl methyl sites for hydroxylation is 2. The van der Waals surface area contributed by atoms with Gasteiger partial charge in [0.05, 0.1) is 27.4 Å². The molecule has 0 radical (unpaired) electrons. The van der Waals surface area contributed by atoms with Gasteiger partial charge in [0.15, 0.2) is 16.7 Å². The highest BCUT2D eigenvalue weighted by Gasteiger charge is 2.35. The lowest BCUT2D eigenvalue weighted by molar-refractivity contribution is -0.113. The van der Waals surface area contributed by atoms with E-state index in [2.05, 4.69) is 60.6 Å². The Balaban J connectivity index is 1.75. The fraction of sp³-hybridized carbons (Fsp3) is 0.226. The van der Waals surface area contributed by atoms with Gasteiger partial charge in [-0.3, -0.25) is 9.69 Å². The maximum Gasteiger partial charge on any atom is 0.271 e. The van der Waals surface area contributed by atoms with Crippen LogP contribution in [0.25, 0.3) is 6.08 Å². The van der Waals surface area contributed by atoms with Gasteiger partial charge >= 0.3 is 0 Å². The fourth-order valence-corrected chi connectivity index (χ4v) is 5.52. The van der Waals surface area contributed by atoms with E-state index in [1.165, 1.54) is 22.9 Å². The van der Waals surface area contributed by atoms with Crippen molar-refractivity contribution in [2.75, 3.05) is 18.1 Å². The van der Waals surface area contributed by atoms with E-state index < -0.39 is 0 Å². The lowest BCUT2D eigenvalue weighted by Gasteiger charge is -2.16. The summed E-state index contributed by atoms with van der Waals surface area (Å²) in [5.74, 6) is 1.09. The average Bonchev–Trinajstić information content (AvgIpc) is 3.22. The van der Waals surface area contributed by atoms with Crippen LogP contribution in [0, 0.1) is 0 Å². The number of rotatable bonds is 10. The molecule has 0 saturated carbocycles. The molecule has 0 aromatic heterocycles. The molecule has 0 bridgehead atoms. The number of hydrogen-bond acceptors (Lipinski definition) is 5. The number of hydrogen-bond donors (Lipinski definition) is 0. The van der Waals surface area contributed by atoms with Crippen LogP contribution in [0.4, 0.5) is 11.4 Å². The van der Waals surface area contributed by atoms with Crippen molar-refractivity contribution in [2.45, 2.75) is 33.6 Å². The molecule has 38 heavy (non-hydrogen) atoms. The summed E-state index contributed by atoms with van der Waals surface area (Å²) in [4.78, 5) is 20.9. The van der Waals surface area contributed by atoms with E-state index >= 15 is 0 Å². The first kappa shape index (κ1) is 27.7. The van der Waals surface area contributed by atoms with Crippen molar-refractivity contribution in [3.05, 3.63) is 99.4 Å². The zero-order chi connectivity index (χ0) is 27.1. The number of nitrogens with zero attached hydrogens (tertiary/aromatic N) is 2. The van der Waals surface area contributed by atoms with Crippen molar-refractivity contribution >= 4 is 56.2 Å². The van der Waals surface area contributed by atoms with E-state index in [-0.39, 0.29) is 5.91 Å². The Labute approximate surface area is 237 Å². The molecule has 5 nitrogen and oxygen atoms in total. The highest BCUT2D eigenvalue weighted by Crippen LogP contribution is 2.41. The van der Waals surface area contributed by atoms with Crippen molar-refractivity contribution in [2.24, 2.45) is 4.99 Å². The smallest absolute Gasteiger partial charge is 0.271 e. The predicted octanol–water partition coefficient (Wildman–Crippen LogP) is 8.35. The molecule has 1 aliphatic rings. The van der Waals surface area contributed by atoms with Gasteiger partial charge in [0, 0.05) is 0 Å². The summed E-state index contributed by atoms with van der Waals surface area (Å²) in [5.41, 5.74) is 4.87. The van der Waals surface area contributed by atoms with Crippen LogP contribution < -0.4 is 14.4 Å². The van der Waals surface area contributed by atoms with Gasteiger partial charge in [-0.25, -0.2) is 4.99 Å². The zero-order valence-corrected chi connectivity index (χ0v) is 24.3. The molecular formula is C31H31BrN2O3S. The van der Waals surface area contributed by atoms with Gasteiger partial charge in [-0.2, -0.15) is 0 Å². The Kier molecular flexibility index (Phi) is 9.48. The molecule has 0 unspecified atom stereocenters. The minimum absolute atomic E-state index is 0.121. The third-order valence-corrected chi connectivity index (χ3v) is 7.51. The molecule has 196 valence electrons. The first-order chi connectivity index (χ1) is 18.5. The van der Waals surface area contributed by atoms with Crippen LogP contribution in [0.5, 0.6) is 11.5 Å². The van der Waals surface area contributed by atoms with E-state index in [1.807, 2.05) is 49.4 Å². The Morgan fingerprint density at radius 3 is 2.24 bits per heavy atom. The summed E-state index contributed by atoms with van der Waals surface area (Å²) in [6.45, 7) is 10.7. The van der Waals surface area contributed by atoms with Crippen molar-refractivity contribution in [1.29, 1.82) is 0 Å². The van der Waals surface area contributed by atoms with Crippen molar-refractivity contribution in [3.63, 3.8) is 0 Å². The molecule has 1 saturated heterocycles. The maximum absolute atomic E-state index is 13.7. The molecule has 3 aromatic rings. The van der Waals surface area contributed by atoms with Crippen LogP contribution in [0.2, 0.25) is 0 Å². The van der Waals surface area contributed by atoms with Crippen LogP contribution in [-0.4, -0.2) is 24.3 Å². The molecule has 1 aliphatic heterocycles. The number of aliphatic imine (C=N–C) groups is 1. The predicted molar refractivity (Wildman–Crippen MR) is 163 cm³/mol. The largest absolute Gasteiger partial charge is 0.490 e. The third kappa shape index (κ3) is 6.40. The molecule has 0 spiro atoms. The third-order valence-electron chi connectivity index (χ3n) is 5.95. The highest BCUT2D eigenvalue weighted by molar-refractivity contribution is 9.10. The lowest BCUT2D eigenvalue weighted by Crippen LogP contribution is -2.28. The summed E-state index contributed by atoms with van der Waals surface area (Å²) in [7, 11) is 0. The maximum atomic E-state index is 13.7. The van der Waals surface area contributed by atoms with Gasteiger partial charge in [-0.05, 0) is 107 Å². The summed E-state index contributed by atoms with van der Waals surface area (Å²) < 4.78 is 12.4. The average molecular weight is 592 g/mol. The molecular weight excluding hydrogens is 560 g/mol. The SMILES string of the molecule is C=CCOc1c(Br)cc(/C=C2\SC(=Nc3ccc(CC)cc3)N(c3ccc(CC)cc3)C2=O)cc1OCC. The minimum Gasteiger partial charge on any atom is -0.490 e. The first-order valence-electron chi connectivity index (χ1n) is 12.7. The number of thioether (sulfide) groups is 1. The van der Waals surface area contributed by atoms with E-state index in [0.717, 1.165) is 34.3 Å². The van der Waals surface area contributed by atoms with Crippen molar-refractivity contribution < 1.29 is 14.3 Å². The number of ether oxygens (including phenoxy) is 2. The number of amides is 1. The van der Waals surface area contributed by atoms with Gasteiger partial charge in [0.2, 0.25) is 0 Å². The van der Waals surface area contributed by atoms with E-state index in [0.29, 0.717) is 34.8 Å². The lowest BCUT2D eigenvalue weighted by atomic mass is 10.1. The molecule has 0 N–H and O–H groups in total. The van der Waals surface area contributed by atoms with E-state index in [1.54, 1.807) is 11.0 Å². The van der Waals surface area contributed by atoms with Gasteiger partial charge in [0.25, 0.3) is 5.91 Å². The monoisotopic (exact) mass is 590 g/mol. The molecule has 0 aliphatic carbocycles. The van der Waals surface area contributed by atoms with Crippen LogP contribution >= 0.6 is 27.7 Å². The molecule has 7 heteroatoms. The Morgan fingerprint density at radius 1 is 0.974 bits per heavy atom. The normalized spacial score (nSPS) is 15.4. The van der Waals surface area contributed by atoms with Crippen molar-refractivity contribution in [3.8, 4) is 11.5 Å². The molecule has 3 aromatic carbocycles. The van der Waals surface area contributed by atoms with E-state index in [4.69, 9.17) is 14.5 Å². The zero-order valence-electron chi connectivity index (χ0n) is 21.9. The Hall–Kier alpha value is -3.29. The van der Waals surface area contributed by atoms with Crippen LogP contribution in [0.15, 0.2) is 87.7 Å². The van der Waals surface area contributed by atoms with Crippen molar-refractivity contribution in [1.82, 2.24) is 0 Å². The van der Waals surface area contributed by atoms with Gasteiger partial charge in [-0.1, -0.05) is 50.8 Å². The molecule has 4 rings (SSSR count). The second kappa shape index (κ2) is 13.0. The Bertz CT molecular complexity index is 1370. The van der Waals surface area contributed by atoms with Crippen LogP contribution in [-0.2, 0) is 17.6 Å². The Morgan fingerprint density at radius 2 is 1.63 bits per heavy atom. The summed E-state index contributed by atoms with van der Waals surface area (Å²) in [6.07, 6.45) is 5.45. The second-order valence-electron chi connectivity index (χ2n) is 8.55. The summed E-state index contributed by atoms with van der Waals surface area (Å²) in [6, 6.07) is 20.0. The second-order valence-corrected chi connectivity index (χ2v) is 10.4. The highest BCUT2D eigenvalue weighted by atomic mass is 79.9. The molecule has 0 atom stereocenters. The summed E-state index contributed by atoms with van der Waals surface area (Å²) >= 11 is 4.96. The molecule has 1 heterocycles. The standard InChI is InChI=1S/C31H31BrN2O3S/c1-5-17-37-29-26(32)18-23(19-27(29)36-8-4)20-28-30(35)34(25-15-11-22(7-3)12-16-25)31(38-28)33-24-13-9-21(6-2)10-14-24/h5,9-16,18-20H,1,6-8,17H2,2-4H3/b28-20-,33-31?. The molecule has 1 amide bonds. The van der Waals surface area contributed by atoms with Crippen LogP contribution in [0.3, 0.4) is 0 Å². The number of amidine groups is 1. The summed E-state index contributed by atoms with van der Waals surface area (Å²) in [5, 5.41) is 0.616. The number of anilines is 1. The van der Waals surface area contributed by atoms with E-state index in [9.17, 15) is 4.79 Å². The number of carbonyl (C=O) groups is 1. The first-order valence-corrected chi connectivity index (χ1v) is 14.3. The molecule has 1 fully saturated rings. The quantitative estimate of drug-likeness (QED) is 0.176. The van der Waals surface area contributed by atoms with Gasteiger partial charge in [0.1, 0.15) is 6.61 Å². The van der Waals surface area contributed by atoms with Gasteiger partial charge in [-0.15, -0.1) is 0 Å². The number of halogens is 1. The topological polar surface area (TPSA) is 51.1 Å². The van der Waals surface area contributed by atoms with Gasteiger partial charge < -0.3 is 9.47 Å².